The van der Waals surface area contributed by atoms with Crippen LogP contribution >= 0.6 is 11.6 Å². The summed E-state index contributed by atoms with van der Waals surface area (Å²) in [5.74, 6) is 6.29. The maximum absolute atomic E-state index is 11.9. The molecule has 92 valence electrons. The van der Waals surface area contributed by atoms with Crippen LogP contribution in [0.4, 0.5) is 13.2 Å². The molecule has 0 aliphatic carbocycles. The molecule has 0 fully saturated rings. The molecule has 0 heterocycles. The second-order valence-corrected chi connectivity index (χ2v) is 3.55. The molecule has 0 aliphatic rings. The van der Waals surface area contributed by atoms with Crippen LogP contribution in [0.1, 0.15) is 12.0 Å². The summed E-state index contributed by atoms with van der Waals surface area (Å²) in [6, 6.07) is 6.12. The van der Waals surface area contributed by atoms with Gasteiger partial charge in [0.2, 0.25) is 0 Å². The molecular weight excluding hydrogens is 253 g/mol. The van der Waals surface area contributed by atoms with E-state index in [-0.39, 0.29) is 5.75 Å². The van der Waals surface area contributed by atoms with E-state index in [9.17, 15) is 13.2 Å². The standard InChI is InChI=1S/C12H10ClF3O/c13-8-2-1-3-10-4-6-11(7-5-10)17-9-12(14,15)16/h4-7H,2,8-9H2. The zero-order valence-corrected chi connectivity index (χ0v) is 9.61. The summed E-state index contributed by atoms with van der Waals surface area (Å²) in [4.78, 5) is 0. The molecule has 0 saturated carbocycles. The molecule has 0 atom stereocenters. The number of hydrogen-bond donors (Lipinski definition) is 0. The highest BCUT2D eigenvalue weighted by Crippen LogP contribution is 2.18. The number of rotatable bonds is 3. The van der Waals surface area contributed by atoms with E-state index in [1.54, 1.807) is 12.1 Å². The van der Waals surface area contributed by atoms with Crippen LogP contribution in [0.2, 0.25) is 0 Å². The first-order valence-electron chi connectivity index (χ1n) is 4.86. The van der Waals surface area contributed by atoms with Crippen molar-refractivity contribution in [1.29, 1.82) is 0 Å². The average molecular weight is 263 g/mol. The van der Waals surface area contributed by atoms with Crippen molar-refractivity contribution in [2.45, 2.75) is 12.6 Å². The Bertz CT molecular complexity index is 400. The van der Waals surface area contributed by atoms with Gasteiger partial charge in [0.25, 0.3) is 0 Å². The predicted octanol–water partition coefficient (Wildman–Crippen LogP) is 3.61. The van der Waals surface area contributed by atoms with Crippen LogP contribution in [0.5, 0.6) is 5.75 Å². The minimum absolute atomic E-state index is 0.171. The summed E-state index contributed by atoms with van der Waals surface area (Å²) in [6.07, 6.45) is -3.74. The van der Waals surface area contributed by atoms with Gasteiger partial charge in [-0.25, -0.2) is 0 Å². The molecule has 17 heavy (non-hydrogen) atoms. The Balaban J connectivity index is 2.54. The van der Waals surface area contributed by atoms with Gasteiger partial charge < -0.3 is 4.74 Å². The van der Waals surface area contributed by atoms with Crippen LogP contribution in [0.25, 0.3) is 0 Å². The number of halogens is 4. The summed E-state index contributed by atoms with van der Waals surface area (Å²) in [6.45, 7) is -1.29. The Morgan fingerprint density at radius 1 is 1.18 bits per heavy atom. The van der Waals surface area contributed by atoms with Gasteiger partial charge in [-0.05, 0) is 24.3 Å². The molecule has 0 aromatic heterocycles. The molecule has 1 nitrogen and oxygen atoms in total. The molecule has 0 amide bonds. The smallest absolute Gasteiger partial charge is 0.422 e. The average Bonchev–Trinajstić information content (AvgIpc) is 2.27. The van der Waals surface area contributed by atoms with Crippen molar-refractivity contribution in [3.63, 3.8) is 0 Å². The van der Waals surface area contributed by atoms with Gasteiger partial charge in [0, 0.05) is 17.9 Å². The molecule has 1 rings (SSSR count). The lowest BCUT2D eigenvalue weighted by Crippen LogP contribution is -2.19. The largest absolute Gasteiger partial charge is 0.484 e. The van der Waals surface area contributed by atoms with Gasteiger partial charge in [-0.2, -0.15) is 13.2 Å². The summed E-state index contributed by atoms with van der Waals surface area (Å²) < 4.78 is 40.2. The Morgan fingerprint density at radius 3 is 2.35 bits per heavy atom. The third-order valence-electron chi connectivity index (χ3n) is 1.71. The normalized spacial score (nSPS) is 10.6. The number of ether oxygens (including phenoxy) is 1. The molecular formula is C12H10ClF3O. The first kappa shape index (κ1) is 13.7. The van der Waals surface area contributed by atoms with Crippen molar-refractivity contribution < 1.29 is 17.9 Å². The Morgan fingerprint density at radius 2 is 1.82 bits per heavy atom. The van der Waals surface area contributed by atoms with Crippen LogP contribution in [0, 0.1) is 11.8 Å². The third kappa shape index (κ3) is 6.08. The quantitative estimate of drug-likeness (QED) is 0.597. The van der Waals surface area contributed by atoms with E-state index in [1.807, 2.05) is 0 Å². The van der Waals surface area contributed by atoms with Gasteiger partial charge in [-0.3, -0.25) is 0 Å². The fraction of sp³-hybridized carbons (Fsp3) is 0.333. The molecule has 0 saturated heterocycles. The van der Waals surface area contributed by atoms with Crippen molar-refractivity contribution in [3.8, 4) is 17.6 Å². The Kier molecular flexibility index (Phi) is 5.17. The lowest BCUT2D eigenvalue weighted by Gasteiger charge is -2.08. The molecule has 5 heteroatoms. The first-order chi connectivity index (χ1) is 8.01. The molecule has 0 radical (unpaired) electrons. The van der Waals surface area contributed by atoms with Gasteiger partial charge >= 0.3 is 6.18 Å². The third-order valence-corrected chi connectivity index (χ3v) is 1.90. The Labute approximate surface area is 103 Å². The Hall–Kier alpha value is -1.34. The maximum Gasteiger partial charge on any atom is 0.422 e. The minimum Gasteiger partial charge on any atom is -0.484 e. The second kappa shape index (κ2) is 6.41. The van der Waals surface area contributed by atoms with Crippen LogP contribution in [0.15, 0.2) is 24.3 Å². The summed E-state index contributed by atoms with van der Waals surface area (Å²) in [7, 11) is 0. The van der Waals surface area contributed by atoms with Crippen LogP contribution in [0.3, 0.4) is 0 Å². The summed E-state index contributed by atoms with van der Waals surface area (Å²) in [5.41, 5.74) is 0.717. The topological polar surface area (TPSA) is 9.23 Å². The fourth-order valence-corrected chi connectivity index (χ4v) is 1.11. The van der Waals surface area contributed by atoms with E-state index >= 15 is 0 Å². The van der Waals surface area contributed by atoms with Crippen molar-refractivity contribution in [2.75, 3.05) is 12.5 Å². The first-order valence-corrected chi connectivity index (χ1v) is 5.39. The summed E-state index contributed by atoms with van der Waals surface area (Å²) in [5, 5.41) is 0. The molecule has 1 aromatic carbocycles. The van der Waals surface area contributed by atoms with Gasteiger partial charge in [0.15, 0.2) is 6.61 Å². The lowest BCUT2D eigenvalue weighted by molar-refractivity contribution is -0.153. The molecule has 0 spiro atoms. The fourth-order valence-electron chi connectivity index (χ4n) is 1.01. The predicted molar refractivity (Wildman–Crippen MR) is 60.2 cm³/mol. The number of alkyl halides is 4. The summed E-state index contributed by atoms with van der Waals surface area (Å²) >= 11 is 5.45. The van der Waals surface area contributed by atoms with Crippen molar-refractivity contribution >= 4 is 11.6 Å². The molecule has 0 aliphatic heterocycles. The monoisotopic (exact) mass is 262 g/mol. The second-order valence-electron chi connectivity index (χ2n) is 3.17. The molecule has 0 N–H and O–H groups in total. The maximum atomic E-state index is 11.9. The van der Waals surface area contributed by atoms with Crippen LogP contribution in [-0.4, -0.2) is 18.7 Å². The number of hydrogen-bond acceptors (Lipinski definition) is 1. The number of benzene rings is 1. The van der Waals surface area contributed by atoms with Gasteiger partial charge in [-0.1, -0.05) is 11.8 Å². The SMILES string of the molecule is FC(F)(F)COc1ccc(C#CCCCl)cc1. The van der Waals surface area contributed by atoms with E-state index in [0.29, 0.717) is 12.3 Å². The van der Waals surface area contributed by atoms with Crippen LogP contribution in [-0.2, 0) is 0 Å². The van der Waals surface area contributed by atoms with E-state index in [0.717, 1.165) is 5.56 Å². The van der Waals surface area contributed by atoms with Crippen molar-refractivity contribution in [2.24, 2.45) is 0 Å². The van der Waals surface area contributed by atoms with Crippen molar-refractivity contribution in [1.82, 2.24) is 0 Å². The minimum atomic E-state index is -4.32. The molecule has 0 unspecified atom stereocenters. The zero-order chi connectivity index (χ0) is 12.7. The van der Waals surface area contributed by atoms with E-state index in [4.69, 9.17) is 11.6 Å². The van der Waals surface area contributed by atoms with Crippen LogP contribution < -0.4 is 4.74 Å². The van der Waals surface area contributed by atoms with E-state index in [1.165, 1.54) is 12.1 Å². The lowest BCUT2D eigenvalue weighted by atomic mass is 10.2. The van der Waals surface area contributed by atoms with Crippen molar-refractivity contribution in [3.05, 3.63) is 29.8 Å². The van der Waals surface area contributed by atoms with E-state index < -0.39 is 12.8 Å². The van der Waals surface area contributed by atoms with E-state index in [2.05, 4.69) is 16.6 Å². The van der Waals surface area contributed by atoms with Gasteiger partial charge in [-0.15, -0.1) is 11.6 Å². The zero-order valence-electron chi connectivity index (χ0n) is 8.85. The highest BCUT2D eigenvalue weighted by molar-refractivity contribution is 6.18. The molecule has 1 aromatic rings. The highest BCUT2D eigenvalue weighted by atomic mass is 35.5. The highest BCUT2D eigenvalue weighted by Gasteiger charge is 2.28. The molecule has 0 bridgehead atoms. The van der Waals surface area contributed by atoms with Gasteiger partial charge in [0.1, 0.15) is 5.75 Å². The van der Waals surface area contributed by atoms with Gasteiger partial charge in [0.05, 0.1) is 0 Å².